The van der Waals surface area contributed by atoms with Crippen LogP contribution in [0.2, 0.25) is 5.02 Å². The Bertz CT molecular complexity index is 758. The molecule has 0 spiro atoms. The summed E-state index contributed by atoms with van der Waals surface area (Å²) in [5.74, 6) is 0. The van der Waals surface area contributed by atoms with E-state index in [4.69, 9.17) is 29.6 Å². The molecule has 2 N–H and O–H groups in total. The van der Waals surface area contributed by atoms with Crippen LogP contribution in [0.3, 0.4) is 0 Å². The summed E-state index contributed by atoms with van der Waals surface area (Å²) < 4.78 is 26.5. The van der Waals surface area contributed by atoms with Crippen LogP contribution in [0.5, 0.6) is 0 Å². The van der Waals surface area contributed by atoms with E-state index in [2.05, 4.69) is 0 Å². The number of halogens is 1. The number of nitrogens with zero attached hydrogens (tertiary/aromatic N) is 1. The van der Waals surface area contributed by atoms with E-state index in [0.717, 1.165) is 5.56 Å². The maximum Gasteiger partial charge on any atom is 0.244 e. The van der Waals surface area contributed by atoms with Crippen molar-refractivity contribution in [2.24, 2.45) is 5.73 Å². The maximum atomic E-state index is 12.6. The first-order valence-electron chi connectivity index (χ1n) is 5.89. The monoisotopic (exact) mass is 360 g/mol. The molecule has 0 fully saturated rings. The van der Waals surface area contributed by atoms with Gasteiger partial charge in [0.25, 0.3) is 0 Å². The van der Waals surface area contributed by atoms with Crippen molar-refractivity contribution in [1.29, 1.82) is 0 Å². The Labute approximate surface area is 138 Å². The minimum absolute atomic E-state index is 0.00666. The molecular weight excluding hydrogens is 348 g/mol. The van der Waals surface area contributed by atoms with Crippen molar-refractivity contribution < 1.29 is 8.42 Å². The predicted molar refractivity (Wildman–Crippen MR) is 90.3 cm³/mol. The molecule has 4 nitrogen and oxygen atoms in total. The Kier molecular flexibility index (Phi) is 5.00. The van der Waals surface area contributed by atoms with Gasteiger partial charge < -0.3 is 5.73 Å². The highest BCUT2D eigenvalue weighted by Crippen LogP contribution is 2.26. The third-order valence-corrected chi connectivity index (χ3v) is 6.14. The summed E-state index contributed by atoms with van der Waals surface area (Å²) in [5, 5.41) is 3.95. The normalized spacial score (nSPS) is 11.8. The van der Waals surface area contributed by atoms with Gasteiger partial charge >= 0.3 is 0 Å². The molecule has 1 heterocycles. The van der Waals surface area contributed by atoms with Gasteiger partial charge in [0.2, 0.25) is 10.0 Å². The minimum atomic E-state index is -3.71. The molecule has 21 heavy (non-hydrogen) atoms. The number of sulfonamides is 1. The molecule has 0 aliphatic carbocycles. The van der Waals surface area contributed by atoms with Gasteiger partial charge in [-0.3, -0.25) is 0 Å². The zero-order valence-electron chi connectivity index (χ0n) is 11.1. The SMILES string of the molecule is CN(Cc1ccsc1)S(=O)(=O)c1cc(C(N)=S)ccc1Cl. The molecule has 2 aromatic rings. The number of benzene rings is 1. The Balaban J connectivity index is 2.38. The van der Waals surface area contributed by atoms with E-state index in [1.807, 2.05) is 16.8 Å². The van der Waals surface area contributed by atoms with E-state index < -0.39 is 10.0 Å². The number of hydrogen-bond donors (Lipinski definition) is 1. The summed E-state index contributed by atoms with van der Waals surface area (Å²) in [5.41, 5.74) is 6.94. The van der Waals surface area contributed by atoms with E-state index in [1.54, 1.807) is 6.07 Å². The quantitative estimate of drug-likeness (QED) is 0.833. The lowest BCUT2D eigenvalue weighted by molar-refractivity contribution is 0.467. The first-order chi connectivity index (χ1) is 9.82. The molecule has 0 radical (unpaired) electrons. The van der Waals surface area contributed by atoms with Gasteiger partial charge in [0.1, 0.15) is 9.88 Å². The number of thiophene rings is 1. The molecule has 0 atom stereocenters. The van der Waals surface area contributed by atoms with Crippen LogP contribution < -0.4 is 5.73 Å². The van der Waals surface area contributed by atoms with E-state index in [1.165, 1.54) is 34.8 Å². The second-order valence-electron chi connectivity index (χ2n) is 4.40. The fraction of sp³-hybridized carbons (Fsp3) is 0.154. The van der Waals surface area contributed by atoms with Gasteiger partial charge in [-0.25, -0.2) is 8.42 Å². The lowest BCUT2D eigenvalue weighted by atomic mass is 10.2. The molecule has 0 aliphatic heterocycles. The third kappa shape index (κ3) is 3.61. The van der Waals surface area contributed by atoms with Crippen molar-refractivity contribution in [2.75, 3.05) is 7.05 Å². The highest BCUT2D eigenvalue weighted by molar-refractivity contribution is 7.89. The average Bonchev–Trinajstić information content (AvgIpc) is 2.91. The van der Waals surface area contributed by atoms with Crippen molar-refractivity contribution in [3.63, 3.8) is 0 Å². The van der Waals surface area contributed by atoms with Gasteiger partial charge in [-0.15, -0.1) is 0 Å². The van der Waals surface area contributed by atoms with Crippen molar-refractivity contribution in [3.05, 3.63) is 51.2 Å². The lowest BCUT2D eigenvalue weighted by Gasteiger charge is -2.18. The standard InChI is InChI=1S/C13H13ClN2O2S3/c1-16(7-9-4-5-20-8-9)21(17,18)12-6-10(13(15)19)2-3-11(12)14/h2-6,8H,7H2,1H3,(H2,15,19). The number of rotatable bonds is 5. The molecular formula is C13H13ClN2O2S3. The second-order valence-corrected chi connectivity index (χ2v) is 8.04. The predicted octanol–water partition coefficient (Wildman–Crippen LogP) is 2.86. The number of hydrogen-bond acceptors (Lipinski definition) is 4. The zero-order valence-corrected chi connectivity index (χ0v) is 14.3. The van der Waals surface area contributed by atoms with E-state index in [-0.39, 0.29) is 21.5 Å². The molecule has 0 aliphatic rings. The Morgan fingerprint density at radius 2 is 2.14 bits per heavy atom. The van der Waals surface area contributed by atoms with Crippen LogP contribution in [0.15, 0.2) is 39.9 Å². The molecule has 0 saturated heterocycles. The Morgan fingerprint density at radius 3 is 2.71 bits per heavy atom. The molecule has 0 bridgehead atoms. The lowest BCUT2D eigenvalue weighted by Crippen LogP contribution is -2.27. The second kappa shape index (κ2) is 6.41. The van der Waals surface area contributed by atoms with Crippen molar-refractivity contribution in [3.8, 4) is 0 Å². The topological polar surface area (TPSA) is 63.4 Å². The van der Waals surface area contributed by atoms with Gasteiger partial charge in [-0.05, 0) is 34.5 Å². The number of thiocarbonyl (C=S) groups is 1. The molecule has 0 unspecified atom stereocenters. The molecule has 8 heteroatoms. The van der Waals surface area contributed by atoms with Crippen molar-refractivity contribution >= 4 is 50.2 Å². The minimum Gasteiger partial charge on any atom is -0.389 e. The van der Waals surface area contributed by atoms with Crippen LogP contribution in [0.4, 0.5) is 0 Å². The molecule has 0 amide bonds. The van der Waals surface area contributed by atoms with Crippen LogP contribution >= 0.6 is 35.2 Å². The van der Waals surface area contributed by atoms with E-state index in [0.29, 0.717) is 5.56 Å². The molecule has 112 valence electrons. The van der Waals surface area contributed by atoms with Crippen molar-refractivity contribution in [2.45, 2.75) is 11.4 Å². The first-order valence-corrected chi connectivity index (χ1v) is 9.06. The summed E-state index contributed by atoms with van der Waals surface area (Å²) in [6.07, 6.45) is 0. The zero-order chi connectivity index (χ0) is 15.6. The molecule has 1 aromatic carbocycles. The van der Waals surface area contributed by atoms with E-state index >= 15 is 0 Å². The van der Waals surface area contributed by atoms with Crippen LogP contribution in [-0.4, -0.2) is 24.8 Å². The fourth-order valence-corrected chi connectivity index (χ4v) is 4.19. The summed E-state index contributed by atoms with van der Waals surface area (Å²) in [6.45, 7) is 0.277. The number of nitrogens with two attached hydrogens (primary N) is 1. The molecule has 2 rings (SSSR count). The summed E-state index contributed by atoms with van der Waals surface area (Å²) in [4.78, 5) is 0.135. The van der Waals surface area contributed by atoms with Crippen LogP contribution in [0.25, 0.3) is 0 Å². The maximum absolute atomic E-state index is 12.6. The Morgan fingerprint density at radius 1 is 1.43 bits per heavy atom. The van der Waals surface area contributed by atoms with Gasteiger partial charge in [-0.1, -0.05) is 29.9 Å². The Hall–Kier alpha value is -0.990. The molecule has 1 aromatic heterocycles. The van der Waals surface area contributed by atoms with Crippen molar-refractivity contribution in [1.82, 2.24) is 4.31 Å². The smallest absolute Gasteiger partial charge is 0.244 e. The third-order valence-electron chi connectivity index (χ3n) is 2.89. The van der Waals surface area contributed by atoms with Gasteiger partial charge in [-0.2, -0.15) is 15.6 Å². The highest BCUT2D eigenvalue weighted by Gasteiger charge is 2.24. The first kappa shape index (κ1) is 16.4. The van der Waals surface area contributed by atoms with Gasteiger partial charge in [0.05, 0.1) is 5.02 Å². The fourth-order valence-electron chi connectivity index (χ4n) is 1.75. The van der Waals surface area contributed by atoms with E-state index in [9.17, 15) is 8.42 Å². The largest absolute Gasteiger partial charge is 0.389 e. The van der Waals surface area contributed by atoms with Gasteiger partial charge in [0, 0.05) is 19.2 Å². The van der Waals surface area contributed by atoms with Gasteiger partial charge in [0.15, 0.2) is 0 Å². The highest BCUT2D eigenvalue weighted by atomic mass is 35.5. The summed E-state index contributed by atoms with van der Waals surface area (Å²) in [7, 11) is -2.20. The molecule has 0 saturated carbocycles. The van der Waals surface area contributed by atoms with Crippen LogP contribution in [0, 0.1) is 0 Å². The summed E-state index contributed by atoms with van der Waals surface area (Å²) in [6, 6.07) is 6.37. The summed E-state index contributed by atoms with van der Waals surface area (Å²) >= 11 is 12.4. The average molecular weight is 361 g/mol. The van der Waals surface area contributed by atoms with Crippen LogP contribution in [0.1, 0.15) is 11.1 Å². The van der Waals surface area contributed by atoms with Crippen LogP contribution in [-0.2, 0) is 16.6 Å².